The Bertz CT molecular complexity index is 828. The van der Waals surface area contributed by atoms with Gasteiger partial charge in [-0.3, -0.25) is 9.59 Å². The number of esters is 1. The number of carbonyl (C=O) groups is 2. The van der Waals surface area contributed by atoms with Gasteiger partial charge in [0, 0.05) is 6.42 Å². The molecule has 0 heterocycles. The molecule has 1 amide bonds. The number of amides is 1. The maximum absolute atomic E-state index is 13.1. The molecule has 0 aliphatic rings. The third kappa shape index (κ3) is 35.4. The predicted molar refractivity (Wildman–Crippen MR) is 223 cm³/mol. The molecule has 0 rings (SSSR count). The summed E-state index contributed by atoms with van der Waals surface area (Å²) in [6, 6.07) is -0.701. The molecule has 0 saturated heterocycles. The standard InChI is InChI=1S/C46H87NO5/c1-4-7-10-13-16-19-21-23-26-29-32-35-38-44(49)43(41-48)47-45(50)40-42(37-34-31-28-25-18-15-12-9-6-3)52-46(51)39-36-33-30-27-24-22-20-17-14-11-8-5-2/h15,17-18,20,42-44,48-49H,4-14,16,19,21-41H2,1-3H3,(H,47,50)/b18-15-,20-17-. The summed E-state index contributed by atoms with van der Waals surface area (Å²) in [7, 11) is 0. The van der Waals surface area contributed by atoms with Gasteiger partial charge < -0.3 is 20.3 Å². The molecule has 3 N–H and O–H groups in total. The van der Waals surface area contributed by atoms with Gasteiger partial charge in [-0.1, -0.05) is 173 Å². The molecule has 0 spiro atoms. The minimum Gasteiger partial charge on any atom is -0.462 e. The largest absolute Gasteiger partial charge is 0.462 e. The maximum atomic E-state index is 13.1. The lowest BCUT2D eigenvalue weighted by Gasteiger charge is -2.24. The third-order valence-corrected chi connectivity index (χ3v) is 10.3. The van der Waals surface area contributed by atoms with E-state index in [1.165, 1.54) is 109 Å². The number of carbonyl (C=O) groups excluding carboxylic acids is 2. The zero-order chi connectivity index (χ0) is 38.2. The lowest BCUT2D eigenvalue weighted by atomic mass is 10.0. The van der Waals surface area contributed by atoms with Crippen LogP contribution in [0, 0.1) is 0 Å². The summed E-state index contributed by atoms with van der Waals surface area (Å²) >= 11 is 0. The molecule has 0 saturated carbocycles. The molecule has 6 nitrogen and oxygen atoms in total. The Labute approximate surface area is 322 Å². The molecule has 3 atom stereocenters. The first kappa shape index (κ1) is 50.3. The van der Waals surface area contributed by atoms with Gasteiger partial charge >= 0.3 is 5.97 Å². The van der Waals surface area contributed by atoms with E-state index in [0.29, 0.717) is 19.3 Å². The van der Waals surface area contributed by atoms with Gasteiger partial charge in [0.2, 0.25) is 5.91 Å². The number of ether oxygens (including phenoxy) is 1. The highest BCUT2D eigenvalue weighted by molar-refractivity contribution is 5.77. The number of aliphatic hydroxyl groups is 2. The van der Waals surface area contributed by atoms with Crippen molar-refractivity contribution < 1.29 is 24.5 Å². The van der Waals surface area contributed by atoms with E-state index in [4.69, 9.17) is 4.74 Å². The Hall–Kier alpha value is -1.66. The van der Waals surface area contributed by atoms with Crippen LogP contribution >= 0.6 is 0 Å². The number of allylic oxidation sites excluding steroid dienone is 4. The molecule has 0 radical (unpaired) electrons. The van der Waals surface area contributed by atoms with Gasteiger partial charge in [0.15, 0.2) is 0 Å². The van der Waals surface area contributed by atoms with E-state index in [1.807, 2.05) is 0 Å². The van der Waals surface area contributed by atoms with E-state index in [1.54, 1.807) is 0 Å². The van der Waals surface area contributed by atoms with Gasteiger partial charge in [0.1, 0.15) is 6.10 Å². The maximum Gasteiger partial charge on any atom is 0.306 e. The van der Waals surface area contributed by atoms with Gasteiger partial charge in [-0.05, 0) is 70.6 Å². The van der Waals surface area contributed by atoms with Crippen molar-refractivity contribution in [3.8, 4) is 0 Å². The molecule has 0 aromatic rings. The minimum absolute atomic E-state index is 0.0659. The van der Waals surface area contributed by atoms with Crippen LogP contribution in [0.2, 0.25) is 0 Å². The summed E-state index contributed by atoms with van der Waals surface area (Å²) in [5.74, 6) is -0.499. The number of rotatable bonds is 40. The second-order valence-corrected chi connectivity index (χ2v) is 15.4. The molecule has 0 bridgehead atoms. The van der Waals surface area contributed by atoms with E-state index >= 15 is 0 Å². The van der Waals surface area contributed by atoms with Crippen molar-refractivity contribution >= 4 is 11.9 Å². The summed E-state index contributed by atoms with van der Waals surface area (Å²) in [5.41, 5.74) is 0. The van der Waals surface area contributed by atoms with Crippen LogP contribution in [0.3, 0.4) is 0 Å². The van der Waals surface area contributed by atoms with Gasteiger partial charge in [0.25, 0.3) is 0 Å². The number of unbranched alkanes of at least 4 members (excludes halogenated alkanes) is 24. The Balaban J connectivity index is 4.54. The molecule has 0 aromatic carbocycles. The average Bonchev–Trinajstić information content (AvgIpc) is 3.13. The normalized spacial score (nSPS) is 13.6. The lowest BCUT2D eigenvalue weighted by Crippen LogP contribution is -2.46. The number of aliphatic hydroxyl groups excluding tert-OH is 2. The summed E-state index contributed by atoms with van der Waals surface area (Å²) < 4.78 is 5.87. The highest BCUT2D eigenvalue weighted by Crippen LogP contribution is 2.17. The number of hydrogen-bond donors (Lipinski definition) is 3. The second-order valence-electron chi connectivity index (χ2n) is 15.4. The Morgan fingerprint density at radius 3 is 1.48 bits per heavy atom. The molecule has 0 fully saturated rings. The van der Waals surface area contributed by atoms with Crippen LogP contribution in [-0.4, -0.2) is 46.9 Å². The van der Waals surface area contributed by atoms with Gasteiger partial charge in [-0.15, -0.1) is 0 Å². The van der Waals surface area contributed by atoms with Crippen LogP contribution in [0.1, 0.15) is 233 Å². The lowest BCUT2D eigenvalue weighted by molar-refractivity contribution is -0.151. The van der Waals surface area contributed by atoms with E-state index in [2.05, 4.69) is 50.4 Å². The average molecular weight is 734 g/mol. The first-order valence-electron chi connectivity index (χ1n) is 22.6. The van der Waals surface area contributed by atoms with Crippen molar-refractivity contribution in [2.75, 3.05) is 6.61 Å². The third-order valence-electron chi connectivity index (χ3n) is 10.3. The summed E-state index contributed by atoms with van der Waals surface area (Å²) in [6.07, 6.45) is 43.8. The fourth-order valence-corrected chi connectivity index (χ4v) is 6.76. The monoisotopic (exact) mass is 734 g/mol. The van der Waals surface area contributed by atoms with Crippen molar-refractivity contribution in [3.05, 3.63) is 24.3 Å². The van der Waals surface area contributed by atoms with E-state index in [0.717, 1.165) is 77.0 Å². The van der Waals surface area contributed by atoms with Crippen LogP contribution in [0.4, 0.5) is 0 Å². The topological polar surface area (TPSA) is 95.9 Å². The van der Waals surface area contributed by atoms with Crippen LogP contribution in [0.25, 0.3) is 0 Å². The molecular weight excluding hydrogens is 647 g/mol. The van der Waals surface area contributed by atoms with Crippen molar-refractivity contribution in [3.63, 3.8) is 0 Å². The highest BCUT2D eigenvalue weighted by Gasteiger charge is 2.24. The number of nitrogens with one attached hydrogen (secondary N) is 1. The molecular formula is C46H87NO5. The van der Waals surface area contributed by atoms with Crippen LogP contribution in [0.5, 0.6) is 0 Å². The van der Waals surface area contributed by atoms with Gasteiger partial charge in [-0.2, -0.15) is 0 Å². The van der Waals surface area contributed by atoms with Crippen molar-refractivity contribution in [1.29, 1.82) is 0 Å². The molecule has 6 heteroatoms. The minimum atomic E-state index is -0.787. The predicted octanol–water partition coefficient (Wildman–Crippen LogP) is 12.8. The van der Waals surface area contributed by atoms with E-state index < -0.39 is 18.2 Å². The zero-order valence-corrected chi connectivity index (χ0v) is 34.7. The fraction of sp³-hybridized carbons (Fsp3) is 0.870. The fourth-order valence-electron chi connectivity index (χ4n) is 6.76. The van der Waals surface area contributed by atoms with Crippen molar-refractivity contribution in [2.24, 2.45) is 0 Å². The summed E-state index contributed by atoms with van der Waals surface area (Å²) in [6.45, 7) is 6.39. The first-order valence-corrected chi connectivity index (χ1v) is 22.6. The van der Waals surface area contributed by atoms with Crippen LogP contribution < -0.4 is 5.32 Å². The molecule has 3 unspecified atom stereocenters. The molecule has 306 valence electrons. The quantitative estimate of drug-likeness (QED) is 0.0331. The zero-order valence-electron chi connectivity index (χ0n) is 34.7. The van der Waals surface area contributed by atoms with Gasteiger partial charge in [0.05, 0.1) is 25.2 Å². The second kappa shape index (κ2) is 40.5. The summed E-state index contributed by atoms with van der Waals surface area (Å²) in [5, 5.41) is 23.6. The van der Waals surface area contributed by atoms with Crippen molar-refractivity contribution in [1.82, 2.24) is 5.32 Å². The molecule has 0 aliphatic heterocycles. The van der Waals surface area contributed by atoms with Crippen molar-refractivity contribution in [2.45, 2.75) is 251 Å². The Kier molecular flexibility index (Phi) is 39.2. The van der Waals surface area contributed by atoms with E-state index in [9.17, 15) is 19.8 Å². The van der Waals surface area contributed by atoms with E-state index in [-0.39, 0.29) is 24.9 Å². The van der Waals surface area contributed by atoms with Crippen LogP contribution in [-0.2, 0) is 14.3 Å². The highest BCUT2D eigenvalue weighted by atomic mass is 16.5. The molecule has 0 aliphatic carbocycles. The molecule has 0 aromatic heterocycles. The number of hydrogen-bond acceptors (Lipinski definition) is 5. The Morgan fingerprint density at radius 2 is 0.942 bits per heavy atom. The molecule has 52 heavy (non-hydrogen) atoms. The van der Waals surface area contributed by atoms with Gasteiger partial charge in [-0.25, -0.2) is 0 Å². The van der Waals surface area contributed by atoms with Crippen LogP contribution in [0.15, 0.2) is 24.3 Å². The smallest absolute Gasteiger partial charge is 0.306 e. The Morgan fingerprint density at radius 1 is 0.538 bits per heavy atom. The SMILES string of the molecule is CCCC/C=C\CCCCCC(CC(=O)NC(CO)C(O)CCCCCCCCCCCCCC)OC(=O)CCCCCCC/C=C\CCCCC. The first-order chi connectivity index (χ1) is 25.5. The summed E-state index contributed by atoms with van der Waals surface area (Å²) in [4.78, 5) is 25.9.